The largest absolute Gasteiger partial charge is 0.506 e. The number of aromatic hydroxyl groups is 1. The second-order valence-electron chi connectivity index (χ2n) is 7.73. The van der Waals surface area contributed by atoms with E-state index in [1.165, 1.54) is 94.3 Å². The zero-order valence-corrected chi connectivity index (χ0v) is 23.3. The van der Waals surface area contributed by atoms with Gasteiger partial charge in [0.25, 0.3) is 0 Å². The highest BCUT2D eigenvalue weighted by Crippen LogP contribution is 2.13. The van der Waals surface area contributed by atoms with Gasteiger partial charge in [-0.15, -0.1) is 0 Å². The normalized spacial score (nSPS) is 9.97. The van der Waals surface area contributed by atoms with E-state index < -0.39 is 0 Å². The van der Waals surface area contributed by atoms with Crippen LogP contribution in [0.2, 0.25) is 10.3 Å². The molecule has 0 aromatic carbocycles. The molecule has 7 heteroatoms. The predicted molar refractivity (Wildman–Crippen MR) is 146 cm³/mol. The Morgan fingerprint density at radius 2 is 1.24 bits per heavy atom. The van der Waals surface area contributed by atoms with E-state index in [1.54, 1.807) is 12.3 Å². The zero-order valence-electron chi connectivity index (χ0n) is 20.2. The van der Waals surface area contributed by atoms with Crippen molar-refractivity contribution in [3.8, 4) is 11.5 Å². The van der Waals surface area contributed by atoms with Gasteiger partial charge in [0.05, 0.1) is 19.0 Å². The standard InChI is InChI=1S/C13H20ClNO.C8H17Br.C5H4ClNO/c1-2-3-4-5-6-7-10-16-12-8-9-13(14)15-11-12;1-2-3-4-5-6-7-8-9;6-5-2-1-4(8)3-7-5/h8-9,11H,2-7,10H2,1H3;2-8H2,1H3;1-3,8H. The van der Waals surface area contributed by atoms with Crippen molar-refractivity contribution in [1.82, 2.24) is 9.97 Å². The average molecular weight is 564 g/mol. The van der Waals surface area contributed by atoms with Crippen molar-refractivity contribution >= 4 is 39.1 Å². The van der Waals surface area contributed by atoms with E-state index in [2.05, 4.69) is 39.7 Å². The molecule has 0 amide bonds. The highest BCUT2D eigenvalue weighted by Gasteiger charge is 1.95. The van der Waals surface area contributed by atoms with E-state index in [-0.39, 0.29) is 5.75 Å². The first-order valence-electron chi connectivity index (χ1n) is 12.1. The molecular formula is C26H41BrCl2N2O2. The number of hydrogen-bond donors (Lipinski definition) is 1. The molecule has 0 fully saturated rings. The van der Waals surface area contributed by atoms with Gasteiger partial charge in [-0.2, -0.15) is 0 Å². The maximum Gasteiger partial charge on any atom is 0.137 e. The zero-order chi connectivity index (χ0) is 24.6. The molecule has 0 aliphatic rings. The molecule has 0 aliphatic carbocycles. The Labute approximate surface area is 219 Å². The van der Waals surface area contributed by atoms with Gasteiger partial charge in [-0.3, -0.25) is 0 Å². The summed E-state index contributed by atoms with van der Waals surface area (Å²) in [7, 11) is 0. The fourth-order valence-electron chi connectivity index (χ4n) is 2.76. The van der Waals surface area contributed by atoms with E-state index in [0.29, 0.717) is 10.3 Å². The van der Waals surface area contributed by atoms with Crippen LogP contribution in [-0.4, -0.2) is 27.0 Å². The number of hydrogen-bond acceptors (Lipinski definition) is 4. The van der Waals surface area contributed by atoms with Gasteiger partial charge >= 0.3 is 0 Å². The number of halogens is 3. The minimum Gasteiger partial charge on any atom is -0.506 e. The molecule has 0 saturated carbocycles. The van der Waals surface area contributed by atoms with Gasteiger partial charge in [-0.25, -0.2) is 9.97 Å². The molecule has 2 aromatic rings. The molecular weight excluding hydrogens is 523 g/mol. The molecule has 0 unspecified atom stereocenters. The lowest BCUT2D eigenvalue weighted by Gasteiger charge is -2.05. The van der Waals surface area contributed by atoms with Gasteiger partial charge in [0.1, 0.15) is 21.8 Å². The van der Waals surface area contributed by atoms with Crippen LogP contribution in [0.15, 0.2) is 36.7 Å². The van der Waals surface area contributed by atoms with Crippen molar-refractivity contribution in [2.24, 2.45) is 0 Å². The minimum absolute atomic E-state index is 0.134. The Kier molecular flexibility index (Phi) is 23.3. The fourth-order valence-corrected chi connectivity index (χ4v) is 3.38. The summed E-state index contributed by atoms with van der Waals surface area (Å²) in [5, 5.41) is 10.7. The first kappa shape index (κ1) is 32.0. The number of pyridine rings is 2. The lowest BCUT2D eigenvalue weighted by atomic mass is 10.1. The quantitative estimate of drug-likeness (QED) is 0.141. The monoisotopic (exact) mass is 562 g/mol. The van der Waals surface area contributed by atoms with Crippen LogP contribution in [0.4, 0.5) is 0 Å². The van der Waals surface area contributed by atoms with Crippen LogP contribution in [0.3, 0.4) is 0 Å². The lowest BCUT2D eigenvalue weighted by Crippen LogP contribution is -1.97. The highest BCUT2D eigenvalue weighted by molar-refractivity contribution is 9.09. The molecule has 2 aromatic heterocycles. The Morgan fingerprint density at radius 3 is 1.70 bits per heavy atom. The average Bonchev–Trinajstić information content (AvgIpc) is 2.82. The highest BCUT2D eigenvalue weighted by atomic mass is 79.9. The predicted octanol–water partition coefficient (Wildman–Crippen LogP) is 9.66. The summed E-state index contributed by atoms with van der Waals surface area (Å²) in [5.74, 6) is 0.937. The third kappa shape index (κ3) is 22.5. The van der Waals surface area contributed by atoms with E-state index in [1.807, 2.05) is 6.07 Å². The van der Waals surface area contributed by atoms with Crippen LogP contribution in [0.25, 0.3) is 0 Å². The second kappa shape index (κ2) is 24.1. The van der Waals surface area contributed by atoms with Gasteiger partial charge in [0.15, 0.2) is 0 Å². The SMILES string of the molecule is CCCCCCCCBr.CCCCCCCCOc1ccc(Cl)nc1.Oc1ccc(Cl)nc1. The van der Waals surface area contributed by atoms with E-state index in [9.17, 15) is 0 Å². The van der Waals surface area contributed by atoms with Crippen LogP contribution in [0.5, 0.6) is 11.5 Å². The number of aromatic nitrogens is 2. The summed E-state index contributed by atoms with van der Waals surface area (Å²) in [5.41, 5.74) is 0. The van der Waals surface area contributed by atoms with Crippen LogP contribution in [0.1, 0.15) is 90.9 Å². The third-order valence-corrected chi connectivity index (χ3v) is 5.67. The van der Waals surface area contributed by atoms with Crippen molar-refractivity contribution in [3.63, 3.8) is 0 Å². The molecule has 0 bridgehead atoms. The number of alkyl halides is 1. The van der Waals surface area contributed by atoms with Crippen molar-refractivity contribution in [2.45, 2.75) is 90.9 Å². The molecule has 0 saturated heterocycles. The van der Waals surface area contributed by atoms with Crippen molar-refractivity contribution < 1.29 is 9.84 Å². The minimum atomic E-state index is 0.134. The van der Waals surface area contributed by atoms with Crippen LogP contribution >= 0.6 is 39.1 Å². The van der Waals surface area contributed by atoms with Gasteiger partial charge in [-0.05, 0) is 37.1 Å². The summed E-state index contributed by atoms with van der Waals surface area (Å²) in [6, 6.07) is 6.61. The summed E-state index contributed by atoms with van der Waals surface area (Å²) in [6.45, 7) is 5.26. The maximum atomic E-state index is 8.64. The van der Waals surface area contributed by atoms with E-state index in [0.717, 1.165) is 18.8 Å². The lowest BCUT2D eigenvalue weighted by molar-refractivity contribution is 0.303. The van der Waals surface area contributed by atoms with Gasteiger partial charge < -0.3 is 9.84 Å². The summed E-state index contributed by atoms with van der Waals surface area (Å²) in [6.07, 6.45) is 19.0. The van der Waals surface area contributed by atoms with E-state index in [4.69, 9.17) is 33.0 Å². The smallest absolute Gasteiger partial charge is 0.137 e. The Hall–Kier alpha value is -1.04. The summed E-state index contributed by atoms with van der Waals surface area (Å²) in [4.78, 5) is 7.55. The van der Waals surface area contributed by atoms with E-state index >= 15 is 0 Å². The number of rotatable bonds is 14. The molecule has 2 heterocycles. The summed E-state index contributed by atoms with van der Waals surface area (Å²) >= 11 is 14.5. The van der Waals surface area contributed by atoms with Crippen molar-refractivity contribution in [1.29, 1.82) is 0 Å². The van der Waals surface area contributed by atoms with Gasteiger partial charge in [0, 0.05) is 5.33 Å². The van der Waals surface area contributed by atoms with Gasteiger partial charge in [0.2, 0.25) is 0 Å². The van der Waals surface area contributed by atoms with Gasteiger partial charge in [-0.1, -0.05) is 117 Å². The fraction of sp³-hybridized carbons (Fsp3) is 0.615. The molecule has 0 aliphatic heterocycles. The number of unbranched alkanes of at least 4 members (excludes halogenated alkanes) is 10. The molecule has 0 spiro atoms. The second-order valence-corrected chi connectivity index (χ2v) is 9.30. The topological polar surface area (TPSA) is 55.2 Å². The van der Waals surface area contributed by atoms with Crippen LogP contribution in [0, 0.1) is 0 Å². The Morgan fingerprint density at radius 1 is 0.727 bits per heavy atom. The van der Waals surface area contributed by atoms with Crippen molar-refractivity contribution in [3.05, 3.63) is 47.0 Å². The molecule has 33 heavy (non-hydrogen) atoms. The number of nitrogens with zero attached hydrogens (tertiary/aromatic N) is 2. The van der Waals surface area contributed by atoms with Crippen molar-refractivity contribution in [2.75, 3.05) is 11.9 Å². The first-order valence-corrected chi connectivity index (χ1v) is 14.0. The first-order chi connectivity index (χ1) is 16.0. The molecule has 4 nitrogen and oxygen atoms in total. The third-order valence-electron chi connectivity index (χ3n) is 4.67. The summed E-state index contributed by atoms with van der Waals surface area (Å²) < 4.78 is 5.55. The number of ether oxygens (including phenoxy) is 1. The molecule has 188 valence electrons. The molecule has 0 atom stereocenters. The van der Waals surface area contributed by atoms with Crippen LogP contribution in [-0.2, 0) is 0 Å². The molecule has 0 radical (unpaired) electrons. The Balaban J connectivity index is 0.000000510. The Bertz CT molecular complexity index is 631. The van der Waals surface area contributed by atoms with Crippen LogP contribution < -0.4 is 4.74 Å². The molecule has 1 N–H and O–H groups in total. The maximum absolute atomic E-state index is 8.64. The molecule has 2 rings (SSSR count).